The van der Waals surface area contributed by atoms with E-state index in [0.29, 0.717) is 46.8 Å². The Morgan fingerprint density at radius 2 is 1.97 bits per heavy atom. The van der Waals surface area contributed by atoms with Gasteiger partial charge in [-0.15, -0.1) is 0 Å². The van der Waals surface area contributed by atoms with Gasteiger partial charge in [-0.05, 0) is 24.0 Å². The van der Waals surface area contributed by atoms with E-state index in [1.807, 2.05) is 13.8 Å². The third-order valence-electron chi connectivity index (χ3n) is 5.11. The molecule has 0 atom stereocenters. The van der Waals surface area contributed by atoms with Crippen molar-refractivity contribution in [3.63, 3.8) is 0 Å². The Labute approximate surface area is 167 Å². The summed E-state index contributed by atoms with van der Waals surface area (Å²) >= 11 is 0. The molecule has 8 heteroatoms. The van der Waals surface area contributed by atoms with Gasteiger partial charge in [0, 0.05) is 18.7 Å². The Kier molecular flexibility index (Phi) is 4.49. The number of nitrogens with zero attached hydrogens (tertiary/aromatic N) is 3. The Morgan fingerprint density at radius 3 is 2.69 bits per heavy atom. The standard InChI is InChI=1S/C21H22N4O4/c1-21(2)8-16-13(17(26)9-21)10-22-19-14(11-23-25(16)19)20(27)24-15-7-12(28-3)5-6-18(15)29-4/h5-7,10-11H,8-9H2,1-4H3,(H,24,27). The number of Topliss-reactive ketones (excluding diaryl/α,β-unsaturated/α-hetero) is 1. The lowest BCUT2D eigenvalue weighted by atomic mass is 9.76. The fraction of sp³-hybridized carbons (Fsp3) is 0.333. The fourth-order valence-electron chi connectivity index (χ4n) is 3.69. The van der Waals surface area contributed by atoms with Gasteiger partial charge in [-0.25, -0.2) is 9.50 Å². The van der Waals surface area contributed by atoms with Crippen LogP contribution >= 0.6 is 0 Å². The minimum absolute atomic E-state index is 0.0493. The van der Waals surface area contributed by atoms with Crippen LogP contribution in [0, 0.1) is 5.41 Å². The molecule has 0 saturated heterocycles. The highest BCUT2D eigenvalue weighted by molar-refractivity contribution is 6.09. The SMILES string of the molecule is COc1ccc(OC)c(NC(=O)c2cnn3c4c(cnc23)C(=O)CC(C)(C)C4)c1. The normalized spacial score (nSPS) is 15.1. The van der Waals surface area contributed by atoms with Gasteiger partial charge in [0.15, 0.2) is 11.4 Å². The van der Waals surface area contributed by atoms with Crippen LogP contribution in [0.15, 0.2) is 30.6 Å². The fourth-order valence-corrected chi connectivity index (χ4v) is 3.69. The van der Waals surface area contributed by atoms with E-state index >= 15 is 0 Å². The molecule has 3 aromatic rings. The average Bonchev–Trinajstić information content (AvgIpc) is 3.11. The minimum atomic E-state index is -0.375. The van der Waals surface area contributed by atoms with E-state index in [-0.39, 0.29) is 17.1 Å². The maximum Gasteiger partial charge on any atom is 0.261 e. The lowest BCUT2D eigenvalue weighted by Gasteiger charge is -2.29. The summed E-state index contributed by atoms with van der Waals surface area (Å²) in [5.74, 6) is 0.774. The molecular formula is C21H22N4O4. The van der Waals surface area contributed by atoms with Gasteiger partial charge < -0.3 is 14.8 Å². The molecule has 4 rings (SSSR count). The predicted octanol–water partition coefficient (Wildman–Crippen LogP) is 3.15. The van der Waals surface area contributed by atoms with Crippen LogP contribution in [0.1, 0.15) is 46.7 Å². The van der Waals surface area contributed by atoms with Crippen LogP contribution in [0.5, 0.6) is 11.5 Å². The topological polar surface area (TPSA) is 94.8 Å². The molecule has 8 nitrogen and oxygen atoms in total. The van der Waals surface area contributed by atoms with Crippen molar-refractivity contribution in [2.45, 2.75) is 26.7 Å². The van der Waals surface area contributed by atoms with Gasteiger partial charge in [0.25, 0.3) is 5.91 Å². The monoisotopic (exact) mass is 394 g/mol. The molecule has 0 radical (unpaired) electrons. The molecule has 0 aliphatic heterocycles. The summed E-state index contributed by atoms with van der Waals surface area (Å²) in [5.41, 5.74) is 2.39. The number of fused-ring (bicyclic) bond motifs is 3. The van der Waals surface area contributed by atoms with E-state index in [0.717, 1.165) is 5.69 Å². The van der Waals surface area contributed by atoms with Crippen molar-refractivity contribution < 1.29 is 19.1 Å². The van der Waals surface area contributed by atoms with Gasteiger partial charge >= 0.3 is 0 Å². The summed E-state index contributed by atoms with van der Waals surface area (Å²) in [4.78, 5) is 29.8. The van der Waals surface area contributed by atoms with E-state index in [1.165, 1.54) is 13.3 Å². The van der Waals surface area contributed by atoms with Crippen LogP contribution in [-0.4, -0.2) is 40.5 Å². The number of amides is 1. The number of ether oxygens (including phenoxy) is 2. The first-order chi connectivity index (χ1) is 13.8. The highest BCUT2D eigenvalue weighted by atomic mass is 16.5. The minimum Gasteiger partial charge on any atom is -0.497 e. The zero-order valence-electron chi connectivity index (χ0n) is 16.8. The first-order valence-corrected chi connectivity index (χ1v) is 9.25. The highest BCUT2D eigenvalue weighted by Crippen LogP contribution is 2.35. The van der Waals surface area contributed by atoms with Crippen LogP contribution in [0.25, 0.3) is 5.65 Å². The number of rotatable bonds is 4. The molecule has 1 aliphatic rings. The third kappa shape index (κ3) is 3.30. The van der Waals surface area contributed by atoms with Crippen molar-refractivity contribution in [3.8, 4) is 11.5 Å². The molecule has 2 aromatic heterocycles. The number of benzene rings is 1. The second kappa shape index (κ2) is 6.88. The Bertz CT molecular complexity index is 1130. The lowest BCUT2D eigenvalue weighted by Crippen LogP contribution is -2.29. The van der Waals surface area contributed by atoms with Crippen molar-refractivity contribution in [1.82, 2.24) is 14.6 Å². The van der Waals surface area contributed by atoms with Gasteiger partial charge in [-0.2, -0.15) is 5.10 Å². The number of anilines is 1. The van der Waals surface area contributed by atoms with E-state index in [2.05, 4.69) is 15.4 Å². The molecule has 1 N–H and O–H groups in total. The number of nitrogens with one attached hydrogen (secondary N) is 1. The molecule has 1 aromatic carbocycles. The zero-order chi connectivity index (χ0) is 20.8. The lowest BCUT2D eigenvalue weighted by molar-refractivity contribution is 0.0908. The van der Waals surface area contributed by atoms with Crippen LogP contribution in [0.2, 0.25) is 0 Å². The van der Waals surface area contributed by atoms with Crippen molar-refractivity contribution >= 4 is 23.0 Å². The zero-order valence-corrected chi connectivity index (χ0v) is 16.8. The van der Waals surface area contributed by atoms with Crippen molar-refractivity contribution in [3.05, 3.63) is 47.4 Å². The van der Waals surface area contributed by atoms with Gasteiger partial charge in [-0.3, -0.25) is 9.59 Å². The second-order valence-electron chi connectivity index (χ2n) is 7.87. The van der Waals surface area contributed by atoms with E-state index in [4.69, 9.17) is 9.47 Å². The molecule has 0 spiro atoms. The highest BCUT2D eigenvalue weighted by Gasteiger charge is 2.33. The number of carbonyl (C=O) groups excluding carboxylic acids is 2. The van der Waals surface area contributed by atoms with Crippen molar-refractivity contribution in [2.24, 2.45) is 5.41 Å². The Morgan fingerprint density at radius 1 is 1.17 bits per heavy atom. The van der Waals surface area contributed by atoms with Crippen molar-refractivity contribution in [1.29, 1.82) is 0 Å². The largest absolute Gasteiger partial charge is 0.497 e. The summed E-state index contributed by atoms with van der Waals surface area (Å²) < 4.78 is 12.1. The summed E-state index contributed by atoms with van der Waals surface area (Å²) in [6.45, 7) is 4.10. The Hall–Kier alpha value is -3.42. The van der Waals surface area contributed by atoms with E-state index in [9.17, 15) is 9.59 Å². The smallest absolute Gasteiger partial charge is 0.261 e. The van der Waals surface area contributed by atoms with Gasteiger partial charge in [0.1, 0.15) is 17.1 Å². The number of hydrogen-bond acceptors (Lipinski definition) is 6. The molecule has 150 valence electrons. The van der Waals surface area contributed by atoms with Gasteiger partial charge in [0.05, 0.1) is 37.4 Å². The average molecular weight is 394 g/mol. The molecule has 0 bridgehead atoms. The predicted molar refractivity (Wildman–Crippen MR) is 107 cm³/mol. The second-order valence-corrected chi connectivity index (χ2v) is 7.87. The first-order valence-electron chi connectivity index (χ1n) is 9.25. The van der Waals surface area contributed by atoms with Crippen LogP contribution < -0.4 is 14.8 Å². The number of carbonyl (C=O) groups is 2. The van der Waals surface area contributed by atoms with Gasteiger partial charge in [-0.1, -0.05) is 13.8 Å². The summed E-state index contributed by atoms with van der Waals surface area (Å²) in [5, 5.41) is 7.19. The molecule has 0 saturated carbocycles. The molecule has 1 aliphatic carbocycles. The van der Waals surface area contributed by atoms with E-state index in [1.54, 1.807) is 36.0 Å². The molecule has 29 heavy (non-hydrogen) atoms. The van der Waals surface area contributed by atoms with E-state index < -0.39 is 0 Å². The van der Waals surface area contributed by atoms with Crippen LogP contribution in [0.3, 0.4) is 0 Å². The maximum atomic E-state index is 12.9. The maximum absolute atomic E-state index is 12.9. The Balaban J connectivity index is 1.73. The molecule has 0 fully saturated rings. The first kappa shape index (κ1) is 18.9. The molecule has 2 heterocycles. The quantitative estimate of drug-likeness (QED) is 0.730. The number of methoxy groups -OCH3 is 2. The summed E-state index contributed by atoms with van der Waals surface area (Å²) in [6, 6.07) is 5.14. The number of aromatic nitrogens is 3. The number of ketones is 1. The van der Waals surface area contributed by atoms with Crippen molar-refractivity contribution in [2.75, 3.05) is 19.5 Å². The third-order valence-corrected chi connectivity index (χ3v) is 5.11. The summed E-state index contributed by atoms with van der Waals surface area (Å²) in [6.07, 6.45) is 4.17. The number of hydrogen-bond donors (Lipinski definition) is 1. The summed E-state index contributed by atoms with van der Waals surface area (Å²) in [7, 11) is 3.08. The van der Waals surface area contributed by atoms with Crippen LogP contribution in [-0.2, 0) is 6.42 Å². The van der Waals surface area contributed by atoms with Crippen LogP contribution in [0.4, 0.5) is 5.69 Å². The molecule has 0 unspecified atom stereocenters. The van der Waals surface area contributed by atoms with Gasteiger partial charge in [0.2, 0.25) is 0 Å². The molecular weight excluding hydrogens is 372 g/mol. The molecule has 1 amide bonds.